The summed E-state index contributed by atoms with van der Waals surface area (Å²) in [7, 11) is 0. The third kappa shape index (κ3) is 5.81. The number of nitrogens with zero attached hydrogens (tertiary/aromatic N) is 4. The minimum atomic E-state index is -0.949. The van der Waals surface area contributed by atoms with Gasteiger partial charge in [-0.05, 0) is 67.5 Å². The lowest BCUT2D eigenvalue weighted by molar-refractivity contribution is -0.149. The van der Waals surface area contributed by atoms with E-state index in [1.165, 1.54) is 24.4 Å². The predicted octanol–water partition coefficient (Wildman–Crippen LogP) is 5.49. The standard InChI is InChI=1S/C28H36N4O8S/c1-26(2,3)39-24(34)32(25(35)40-27(4,5)6)22-18-15(16-10-9-11-36-16)12-31(21(18)29-14-30-22)23-20-19(17(13-33)41-23)37-28(7,8)38-20/h9-12,14,17,19-20,23,33H,13H2,1-8H3/t17-,19-,20-,23-/m1/s1. The van der Waals surface area contributed by atoms with Gasteiger partial charge in [-0.2, -0.15) is 4.90 Å². The molecule has 1 N–H and O–H groups in total. The number of rotatable bonds is 4. The molecule has 41 heavy (non-hydrogen) atoms. The maximum absolute atomic E-state index is 13.5. The number of hydrogen-bond donors (Lipinski definition) is 1. The molecule has 0 aliphatic carbocycles. The summed E-state index contributed by atoms with van der Waals surface area (Å²) >= 11 is 1.50. The van der Waals surface area contributed by atoms with Crippen LogP contribution in [0.15, 0.2) is 35.3 Å². The van der Waals surface area contributed by atoms with Crippen molar-refractivity contribution in [3.05, 3.63) is 30.9 Å². The van der Waals surface area contributed by atoms with Crippen molar-refractivity contribution in [2.45, 2.75) is 95.2 Å². The fourth-order valence-corrected chi connectivity index (χ4v) is 6.41. The van der Waals surface area contributed by atoms with E-state index in [4.69, 9.17) is 23.4 Å². The van der Waals surface area contributed by atoms with Gasteiger partial charge in [-0.15, -0.1) is 11.8 Å². The zero-order chi connectivity index (χ0) is 29.9. The second-order valence-corrected chi connectivity index (χ2v) is 13.8. The number of carbonyl (C=O) groups excluding carboxylic acids is 2. The number of thioether (sulfide) groups is 1. The zero-order valence-electron chi connectivity index (χ0n) is 24.4. The summed E-state index contributed by atoms with van der Waals surface area (Å²) in [6.45, 7) is 13.8. The first-order valence-electron chi connectivity index (χ1n) is 13.4. The number of aliphatic hydroxyl groups is 1. The van der Waals surface area contributed by atoms with E-state index in [1.54, 1.807) is 53.7 Å². The zero-order valence-corrected chi connectivity index (χ0v) is 25.2. The molecule has 13 heteroatoms. The predicted molar refractivity (Wildman–Crippen MR) is 152 cm³/mol. The number of furan rings is 1. The van der Waals surface area contributed by atoms with E-state index < -0.39 is 35.3 Å². The molecule has 0 aromatic carbocycles. The van der Waals surface area contributed by atoms with Gasteiger partial charge in [0.25, 0.3) is 0 Å². The van der Waals surface area contributed by atoms with E-state index in [0.717, 1.165) is 4.90 Å². The second kappa shape index (κ2) is 10.3. The molecule has 2 aliphatic heterocycles. The molecule has 2 aliphatic rings. The number of carbonyl (C=O) groups is 2. The van der Waals surface area contributed by atoms with Crippen molar-refractivity contribution >= 4 is 40.8 Å². The number of fused-ring (bicyclic) bond motifs is 2. The van der Waals surface area contributed by atoms with Crippen LogP contribution in [0.25, 0.3) is 22.4 Å². The maximum atomic E-state index is 13.5. The second-order valence-electron chi connectivity index (χ2n) is 12.4. The van der Waals surface area contributed by atoms with E-state index >= 15 is 0 Å². The topological polar surface area (TPSA) is 138 Å². The van der Waals surface area contributed by atoms with Gasteiger partial charge in [-0.25, -0.2) is 19.6 Å². The van der Waals surface area contributed by atoms with Crippen LogP contribution in [0.4, 0.5) is 15.4 Å². The summed E-state index contributed by atoms with van der Waals surface area (Å²) in [5.41, 5.74) is -0.844. The Balaban J connectivity index is 1.71. The van der Waals surface area contributed by atoms with Crippen LogP contribution in [0, 0.1) is 0 Å². The van der Waals surface area contributed by atoms with E-state index in [2.05, 4.69) is 9.97 Å². The molecule has 2 amide bonds. The third-order valence-corrected chi connectivity index (χ3v) is 7.86. The first-order chi connectivity index (χ1) is 19.1. The molecule has 3 aromatic rings. The van der Waals surface area contributed by atoms with Gasteiger partial charge in [-0.3, -0.25) is 0 Å². The highest BCUT2D eigenvalue weighted by Gasteiger charge is 2.55. The molecule has 5 heterocycles. The molecule has 0 bridgehead atoms. The molecule has 0 saturated carbocycles. The van der Waals surface area contributed by atoms with Gasteiger partial charge in [0.2, 0.25) is 0 Å². The summed E-state index contributed by atoms with van der Waals surface area (Å²) in [5.74, 6) is -0.384. The number of amides is 2. The molecule has 2 saturated heterocycles. The van der Waals surface area contributed by atoms with Crippen molar-refractivity contribution in [3.63, 3.8) is 0 Å². The largest absolute Gasteiger partial charge is 0.464 e. The molecule has 0 unspecified atom stereocenters. The Labute approximate surface area is 242 Å². The van der Waals surface area contributed by atoms with Gasteiger partial charge in [0.05, 0.1) is 23.5 Å². The van der Waals surface area contributed by atoms with Crippen LogP contribution in [0.5, 0.6) is 0 Å². The van der Waals surface area contributed by atoms with Crippen LogP contribution in [-0.4, -0.2) is 72.9 Å². The lowest BCUT2D eigenvalue weighted by Crippen LogP contribution is -2.44. The first-order valence-corrected chi connectivity index (χ1v) is 14.3. The van der Waals surface area contributed by atoms with E-state index in [0.29, 0.717) is 22.4 Å². The Morgan fingerprint density at radius 2 is 1.71 bits per heavy atom. The molecule has 12 nitrogen and oxygen atoms in total. The van der Waals surface area contributed by atoms with Crippen molar-refractivity contribution in [3.8, 4) is 11.3 Å². The van der Waals surface area contributed by atoms with Gasteiger partial charge in [0.15, 0.2) is 11.6 Å². The van der Waals surface area contributed by atoms with Crippen molar-refractivity contribution in [1.29, 1.82) is 0 Å². The summed E-state index contributed by atoms with van der Waals surface area (Å²) < 4.78 is 31.3. The van der Waals surface area contributed by atoms with Crippen molar-refractivity contribution in [2.75, 3.05) is 11.5 Å². The SMILES string of the molecule is CC(C)(C)OC(=O)N(C(=O)OC(C)(C)C)c1ncnc2c1c(-c1ccco1)cn2[C@@H]1S[C@H](CO)[C@H]2OC(C)(C)O[C@H]21. The molecule has 3 aromatic heterocycles. The van der Waals surface area contributed by atoms with Crippen molar-refractivity contribution < 1.29 is 38.1 Å². The van der Waals surface area contributed by atoms with Crippen molar-refractivity contribution in [1.82, 2.24) is 14.5 Å². The maximum Gasteiger partial charge on any atom is 0.425 e. The minimum absolute atomic E-state index is 0.0224. The van der Waals surface area contributed by atoms with Gasteiger partial charge in [0, 0.05) is 11.8 Å². The van der Waals surface area contributed by atoms with Crippen LogP contribution in [0.1, 0.15) is 60.8 Å². The normalized spacial score (nSPS) is 23.9. The Morgan fingerprint density at radius 1 is 1.07 bits per heavy atom. The molecule has 5 rings (SSSR count). The molecule has 222 valence electrons. The molecular formula is C28H36N4O8S. The summed E-state index contributed by atoms with van der Waals surface area (Å²) in [4.78, 5) is 36.8. The first kappa shape index (κ1) is 29.4. The van der Waals surface area contributed by atoms with E-state index in [-0.39, 0.29) is 29.2 Å². The highest BCUT2D eigenvalue weighted by molar-refractivity contribution is 8.00. The summed E-state index contributed by atoms with van der Waals surface area (Å²) in [5, 5.41) is 9.91. The average Bonchev–Trinajstić information content (AvgIpc) is 3.59. The highest BCUT2D eigenvalue weighted by atomic mass is 32.2. The number of imide groups is 1. The van der Waals surface area contributed by atoms with E-state index in [1.807, 2.05) is 24.6 Å². The molecule has 2 fully saturated rings. The smallest absolute Gasteiger partial charge is 0.425 e. The molecular weight excluding hydrogens is 552 g/mol. The minimum Gasteiger partial charge on any atom is -0.464 e. The average molecular weight is 589 g/mol. The number of hydrogen-bond acceptors (Lipinski definition) is 11. The third-order valence-electron chi connectivity index (χ3n) is 6.32. The van der Waals surface area contributed by atoms with Crippen LogP contribution < -0.4 is 4.90 Å². The quantitative estimate of drug-likeness (QED) is 0.414. The molecule has 4 atom stereocenters. The molecule has 0 spiro atoms. The van der Waals surface area contributed by atoms with Crippen LogP contribution in [-0.2, 0) is 18.9 Å². The number of ether oxygens (including phenoxy) is 4. The lowest BCUT2D eigenvalue weighted by atomic mass is 10.1. The van der Waals surface area contributed by atoms with Gasteiger partial charge in [0.1, 0.15) is 46.5 Å². The van der Waals surface area contributed by atoms with Crippen LogP contribution >= 0.6 is 11.8 Å². The van der Waals surface area contributed by atoms with Crippen molar-refractivity contribution in [2.24, 2.45) is 0 Å². The Hall–Kier alpha value is -3.13. The fourth-order valence-electron chi connectivity index (χ4n) is 4.94. The van der Waals surface area contributed by atoms with Gasteiger partial charge < -0.3 is 33.0 Å². The van der Waals surface area contributed by atoms with E-state index in [9.17, 15) is 14.7 Å². The van der Waals surface area contributed by atoms with Crippen LogP contribution in [0.3, 0.4) is 0 Å². The Morgan fingerprint density at radius 3 is 2.27 bits per heavy atom. The van der Waals surface area contributed by atoms with Crippen LogP contribution in [0.2, 0.25) is 0 Å². The number of anilines is 1. The monoisotopic (exact) mass is 588 g/mol. The number of aromatic nitrogens is 3. The lowest BCUT2D eigenvalue weighted by Gasteiger charge is -2.28. The molecule has 0 radical (unpaired) electrons. The summed E-state index contributed by atoms with van der Waals surface area (Å²) in [6, 6.07) is 3.50. The fraction of sp³-hybridized carbons (Fsp3) is 0.571. The highest BCUT2D eigenvalue weighted by Crippen LogP contribution is 2.52. The Bertz CT molecular complexity index is 1410. The number of aliphatic hydroxyl groups excluding tert-OH is 1. The Kier molecular flexibility index (Phi) is 7.38. The van der Waals surface area contributed by atoms with Gasteiger partial charge in [-0.1, -0.05) is 0 Å². The summed E-state index contributed by atoms with van der Waals surface area (Å²) in [6.07, 6.45) is 1.98. The van der Waals surface area contributed by atoms with Gasteiger partial charge >= 0.3 is 12.2 Å².